The highest BCUT2D eigenvalue weighted by Crippen LogP contribution is 2.23. The molecular weight excluding hydrogens is 209 g/mol. The monoisotopic (exact) mass is 221 g/mol. The van der Waals surface area contributed by atoms with E-state index in [-0.39, 0.29) is 12.2 Å². The molecule has 3 nitrogen and oxygen atoms in total. The molecule has 0 saturated carbocycles. The Morgan fingerprint density at radius 2 is 2.25 bits per heavy atom. The average molecular weight is 221 g/mol. The largest absolute Gasteiger partial charge is 0.481 e. The molecule has 0 bridgehead atoms. The number of carbonyl (C=O) groups is 1. The predicted molar refractivity (Wildman–Crippen MR) is 58.9 cm³/mol. The van der Waals surface area contributed by atoms with Gasteiger partial charge in [-0.2, -0.15) is 0 Å². The summed E-state index contributed by atoms with van der Waals surface area (Å²) >= 11 is 0. The van der Waals surface area contributed by atoms with E-state index in [9.17, 15) is 9.18 Å². The van der Waals surface area contributed by atoms with Gasteiger partial charge in [0, 0.05) is 18.1 Å². The molecule has 0 amide bonds. The number of halogens is 1. The molecular formula is C12H12FNO2. The normalized spacial score (nSPS) is 10.9. The first-order chi connectivity index (χ1) is 7.59. The molecule has 0 spiro atoms. The standard InChI is InChI=1S/C12H12FNO2/c1-8-7-14(6-5-11(15)16)10-4-2-3-9(13)12(8)10/h2-4,7H,5-6H2,1H3,(H,15,16). The van der Waals surface area contributed by atoms with Gasteiger partial charge in [-0.25, -0.2) is 4.39 Å². The summed E-state index contributed by atoms with van der Waals surface area (Å²) in [5.74, 6) is -1.11. The van der Waals surface area contributed by atoms with Crippen LogP contribution in [0.3, 0.4) is 0 Å². The van der Waals surface area contributed by atoms with Gasteiger partial charge in [-0.1, -0.05) is 6.07 Å². The van der Waals surface area contributed by atoms with E-state index >= 15 is 0 Å². The minimum Gasteiger partial charge on any atom is -0.481 e. The van der Waals surface area contributed by atoms with Crippen molar-refractivity contribution in [1.29, 1.82) is 0 Å². The summed E-state index contributed by atoms with van der Waals surface area (Å²) in [7, 11) is 0. The summed E-state index contributed by atoms with van der Waals surface area (Å²) in [6.45, 7) is 2.19. The van der Waals surface area contributed by atoms with Gasteiger partial charge in [-0.15, -0.1) is 0 Å². The molecule has 1 aromatic carbocycles. The number of aryl methyl sites for hydroxylation is 2. The molecule has 0 aliphatic carbocycles. The minimum absolute atomic E-state index is 0.0414. The lowest BCUT2D eigenvalue weighted by Gasteiger charge is -2.02. The predicted octanol–water partition coefficient (Wildman–Crippen LogP) is 2.56. The van der Waals surface area contributed by atoms with E-state index in [1.165, 1.54) is 6.07 Å². The minimum atomic E-state index is -0.851. The second-order valence-electron chi connectivity index (χ2n) is 3.78. The topological polar surface area (TPSA) is 42.2 Å². The van der Waals surface area contributed by atoms with Gasteiger partial charge in [0.1, 0.15) is 5.82 Å². The molecule has 16 heavy (non-hydrogen) atoms. The number of aliphatic carboxylic acids is 1. The van der Waals surface area contributed by atoms with E-state index in [4.69, 9.17) is 5.11 Å². The Morgan fingerprint density at radius 1 is 1.50 bits per heavy atom. The van der Waals surface area contributed by atoms with E-state index in [1.807, 2.05) is 6.92 Å². The Kier molecular flexibility index (Phi) is 2.64. The van der Waals surface area contributed by atoms with Crippen molar-refractivity contribution in [3.05, 3.63) is 35.8 Å². The molecule has 2 rings (SSSR count). The molecule has 0 aliphatic rings. The lowest BCUT2D eigenvalue weighted by atomic mass is 10.2. The van der Waals surface area contributed by atoms with Crippen LogP contribution in [0.15, 0.2) is 24.4 Å². The Hall–Kier alpha value is -1.84. The number of rotatable bonds is 3. The van der Waals surface area contributed by atoms with Crippen molar-refractivity contribution < 1.29 is 14.3 Å². The van der Waals surface area contributed by atoms with Crippen molar-refractivity contribution >= 4 is 16.9 Å². The molecule has 0 fully saturated rings. The molecule has 2 aromatic rings. The SMILES string of the molecule is Cc1cn(CCC(=O)O)c2cccc(F)c12. The maximum absolute atomic E-state index is 13.5. The van der Waals surface area contributed by atoms with E-state index in [2.05, 4.69) is 0 Å². The van der Waals surface area contributed by atoms with Crippen LogP contribution >= 0.6 is 0 Å². The zero-order valence-corrected chi connectivity index (χ0v) is 8.90. The second-order valence-corrected chi connectivity index (χ2v) is 3.78. The summed E-state index contributed by atoms with van der Waals surface area (Å²) < 4.78 is 15.3. The maximum Gasteiger partial charge on any atom is 0.305 e. The van der Waals surface area contributed by atoms with Crippen LogP contribution in [-0.2, 0) is 11.3 Å². The summed E-state index contributed by atoms with van der Waals surface area (Å²) in [4.78, 5) is 10.5. The zero-order chi connectivity index (χ0) is 11.7. The Morgan fingerprint density at radius 3 is 2.94 bits per heavy atom. The van der Waals surface area contributed by atoms with Gasteiger partial charge in [0.2, 0.25) is 0 Å². The fourth-order valence-electron chi connectivity index (χ4n) is 1.91. The number of aromatic nitrogens is 1. The van der Waals surface area contributed by atoms with Crippen molar-refractivity contribution in [1.82, 2.24) is 4.57 Å². The Labute approximate surface area is 92.1 Å². The van der Waals surface area contributed by atoms with Gasteiger partial charge in [0.25, 0.3) is 0 Å². The fraction of sp³-hybridized carbons (Fsp3) is 0.250. The van der Waals surface area contributed by atoms with E-state index in [0.717, 1.165) is 11.1 Å². The third kappa shape index (κ3) is 1.78. The van der Waals surface area contributed by atoms with Crippen LogP contribution in [0, 0.1) is 12.7 Å². The van der Waals surface area contributed by atoms with E-state index in [1.54, 1.807) is 22.9 Å². The van der Waals surface area contributed by atoms with Gasteiger partial charge >= 0.3 is 5.97 Å². The summed E-state index contributed by atoms with van der Waals surface area (Å²) in [5.41, 5.74) is 1.58. The van der Waals surface area contributed by atoms with Crippen molar-refractivity contribution in [3.63, 3.8) is 0 Å². The Bertz CT molecular complexity index is 545. The molecule has 0 saturated heterocycles. The lowest BCUT2D eigenvalue weighted by Crippen LogP contribution is -2.03. The molecule has 1 aromatic heterocycles. The molecule has 0 unspecified atom stereocenters. The number of carboxylic acid groups (broad SMARTS) is 1. The highest BCUT2D eigenvalue weighted by atomic mass is 19.1. The van der Waals surface area contributed by atoms with Crippen molar-refractivity contribution in [2.75, 3.05) is 0 Å². The van der Waals surface area contributed by atoms with Gasteiger partial charge in [0.05, 0.1) is 11.9 Å². The maximum atomic E-state index is 13.5. The van der Waals surface area contributed by atoms with Gasteiger partial charge in [-0.05, 0) is 24.6 Å². The third-order valence-corrected chi connectivity index (χ3v) is 2.61. The van der Waals surface area contributed by atoms with E-state index in [0.29, 0.717) is 11.9 Å². The number of benzene rings is 1. The van der Waals surface area contributed by atoms with Crippen molar-refractivity contribution in [2.45, 2.75) is 19.9 Å². The van der Waals surface area contributed by atoms with Crippen LogP contribution in [-0.4, -0.2) is 15.6 Å². The highest BCUT2D eigenvalue weighted by molar-refractivity contribution is 5.84. The highest BCUT2D eigenvalue weighted by Gasteiger charge is 2.09. The van der Waals surface area contributed by atoms with Crippen LogP contribution in [0.4, 0.5) is 4.39 Å². The first-order valence-corrected chi connectivity index (χ1v) is 5.05. The second kappa shape index (κ2) is 3.96. The number of fused-ring (bicyclic) bond motifs is 1. The molecule has 84 valence electrons. The molecule has 1 heterocycles. The third-order valence-electron chi connectivity index (χ3n) is 2.61. The zero-order valence-electron chi connectivity index (χ0n) is 8.90. The summed E-state index contributed by atoms with van der Waals surface area (Å²) in [6, 6.07) is 4.85. The number of nitrogens with zero attached hydrogens (tertiary/aromatic N) is 1. The van der Waals surface area contributed by atoms with Crippen LogP contribution < -0.4 is 0 Å². The average Bonchev–Trinajstić information content (AvgIpc) is 2.54. The van der Waals surface area contributed by atoms with Gasteiger partial charge in [0.15, 0.2) is 0 Å². The number of hydrogen-bond donors (Lipinski definition) is 1. The molecule has 4 heteroatoms. The first-order valence-electron chi connectivity index (χ1n) is 5.05. The molecule has 0 aliphatic heterocycles. The van der Waals surface area contributed by atoms with E-state index < -0.39 is 5.97 Å². The first kappa shape index (κ1) is 10.7. The van der Waals surface area contributed by atoms with Crippen LogP contribution in [0.1, 0.15) is 12.0 Å². The van der Waals surface area contributed by atoms with Crippen LogP contribution in [0.5, 0.6) is 0 Å². The molecule has 0 radical (unpaired) electrons. The lowest BCUT2D eigenvalue weighted by molar-refractivity contribution is -0.137. The molecule has 0 atom stereocenters. The summed E-state index contributed by atoms with van der Waals surface area (Å²) in [5, 5.41) is 9.20. The van der Waals surface area contributed by atoms with Crippen molar-refractivity contribution in [3.8, 4) is 0 Å². The van der Waals surface area contributed by atoms with Gasteiger partial charge < -0.3 is 9.67 Å². The quantitative estimate of drug-likeness (QED) is 0.865. The van der Waals surface area contributed by atoms with Crippen LogP contribution in [0.25, 0.3) is 10.9 Å². The van der Waals surface area contributed by atoms with Gasteiger partial charge in [-0.3, -0.25) is 4.79 Å². The Balaban J connectivity index is 2.47. The fourth-order valence-corrected chi connectivity index (χ4v) is 1.91. The number of hydrogen-bond acceptors (Lipinski definition) is 1. The van der Waals surface area contributed by atoms with Crippen LogP contribution in [0.2, 0.25) is 0 Å². The summed E-state index contributed by atoms with van der Waals surface area (Å²) in [6.07, 6.45) is 1.83. The number of carboxylic acids is 1. The smallest absolute Gasteiger partial charge is 0.305 e. The van der Waals surface area contributed by atoms with Crippen molar-refractivity contribution in [2.24, 2.45) is 0 Å². The molecule has 1 N–H and O–H groups in total.